The highest BCUT2D eigenvalue weighted by atomic mass is 16.5. The first kappa shape index (κ1) is 21.6. The minimum absolute atomic E-state index is 0.0112. The van der Waals surface area contributed by atoms with Gasteiger partial charge in [-0.25, -0.2) is 4.79 Å². The third-order valence-corrected chi connectivity index (χ3v) is 5.72. The van der Waals surface area contributed by atoms with Gasteiger partial charge in [-0.3, -0.25) is 9.69 Å². The fraction of sp³-hybridized carbons (Fsp3) is 0.636. The number of morpholine rings is 1. The highest BCUT2D eigenvalue weighted by Gasteiger charge is 2.24. The predicted octanol–water partition coefficient (Wildman–Crippen LogP) is 1.54. The van der Waals surface area contributed by atoms with Crippen molar-refractivity contribution in [2.75, 3.05) is 65.6 Å². The summed E-state index contributed by atoms with van der Waals surface area (Å²) < 4.78 is 5.30. The lowest BCUT2D eigenvalue weighted by Crippen LogP contribution is -2.54. The Kier molecular flexibility index (Phi) is 7.89. The molecule has 2 aliphatic rings. The van der Waals surface area contributed by atoms with Crippen molar-refractivity contribution >= 4 is 11.9 Å². The number of carbonyl (C=O) groups excluding carboxylic acids is 2. The quantitative estimate of drug-likeness (QED) is 0.784. The number of piperazine rings is 1. The molecule has 0 saturated carbocycles. The minimum atomic E-state index is -0.0112. The SMILES string of the molecule is CC(C)c1ccc(CCNC(=O)N2CCN(CC(=O)N3CCOCC3)CC2)cc1. The second-order valence-corrected chi connectivity index (χ2v) is 8.13. The van der Waals surface area contributed by atoms with Crippen LogP contribution in [0.3, 0.4) is 0 Å². The molecule has 0 atom stereocenters. The van der Waals surface area contributed by atoms with E-state index in [0.717, 1.165) is 19.5 Å². The van der Waals surface area contributed by atoms with Crippen molar-refractivity contribution in [2.45, 2.75) is 26.2 Å². The highest BCUT2D eigenvalue weighted by molar-refractivity contribution is 5.78. The molecule has 7 heteroatoms. The molecular weight excluding hydrogens is 368 g/mol. The van der Waals surface area contributed by atoms with Crippen LogP contribution < -0.4 is 5.32 Å². The van der Waals surface area contributed by atoms with Gasteiger partial charge >= 0.3 is 6.03 Å². The summed E-state index contributed by atoms with van der Waals surface area (Å²) in [7, 11) is 0. The Hall–Kier alpha value is -2.12. The van der Waals surface area contributed by atoms with Crippen molar-refractivity contribution in [1.82, 2.24) is 20.0 Å². The monoisotopic (exact) mass is 402 g/mol. The van der Waals surface area contributed by atoms with Crippen molar-refractivity contribution in [3.05, 3.63) is 35.4 Å². The van der Waals surface area contributed by atoms with Crippen LogP contribution in [0.25, 0.3) is 0 Å². The Morgan fingerprint density at radius 3 is 2.24 bits per heavy atom. The number of rotatable bonds is 6. The normalized spacial score (nSPS) is 18.2. The van der Waals surface area contributed by atoms with Gasteiger partial charge in [0.1, 0.15) is 0 Å². The summed E-state index contributed by atoms with van der Waals surface area (Å²) in [6.07, 6.45) is 0.831. The number of benzene rings is 1. The van der Waals surface area contributed by atoms with E-state index in [1.54, 1.807) is 0 Å². The van der Waals surface area contributed by atoms with E-state index in [4.69, 9.17) is 4.74 Å². The third kappa shape index (κ3) is 6.44. The van der Waals surface area contributed by atoms with Crippen LogP contribution >= 0.6 is 0 Å². The minimum Gasteiger partial charge on any atom is -0.378 e. The van der Waals surface area contributed by atoms with Crippen LogP contribution in [0.5, 0.6) is 0 Å². The van der Waals surface area contributed by atoms with Crippen molar-refractivity contribution in [1.29, 1.82) is 0 Å². The molecule has 2 heterocycles. The van der Waals surface area contributed by atoms with Gasteiger partial charge < -0.3 is 19.9 Å². The van der Waals surface area contributed by atoms with E-state index in [2.05, 4.69) is 48.3 Å². The number of nitrogens with one attached hydrogen (secondary N) is 1. The number of ether oxygens (including phenoxy) is 1. The van der Waals surface area contributed by atoms with E-state index in [0.29, 0.717) is 58.4 Å². The van der Waals surface area contributed by atoms with Gasteiger partial charge in [0.15, 0.2) is 0 Å². The summed E-state index contributed by atoms with van der Waals surface area (Å²) in [5, 5.41) is 3.02. The zero-order valence-corrected chi connectivity index (χ0v) is 17.7. The number of nitrogens with zero attached hydrogens (tertiary/aromatic N) is 3. The second kappa shape index (κ2) is 10.6. The number of hydrogen-bond donors (Lipinski definition) is 1. The van der Waals surface area contributed by atoms with Gasteiger partial charge in [-0.1, -0.05) is 38.1 Å². The first-order chi connectivity index (χ1) is 14.0. The molecule has 0 aliphatic carbocycles. The molecule has 3 amide bonds. The van der Waals surface area contributed by atoms with Crippen molar-refractivity contribution in [3.63, 3.8) is 0 Å². The van der Waals surface area contributed by atoms with E-state index in [9.17, 15) is 9.59 Å². The Morgan fingerprint density at radius 1 is 0.966 bits per heavy atom. The summed E-state index contributed by atoms with van der Waals surface area (Å²) in [5.41, 5.74) is 2.57. The van der Waals surface area contributed by atoms with E-state index >= 15 is 0 Å². The molecule has 2 saturated heterocycles. The summed E-state index contributed by atoms with van der Waals surface area (Å²) in [6.45, 7) is 10.8. The van der Waals surface area contributed by atoms with Gasteiger partial charge in [0, 0.05) is 45.8 Å². The first-order valence-electron chi connectivity index (χ1n) is 10.7. The molecule has 0 unspecified atom stereocenters. The Bertz CT molecular complexity index is 663. The van der Waals surface area contributed by atoms with Crippen molar-refractivity contribution < 1.29 is 14.3 Å². The molecule has 0 spiro atoms. The van der Waals surface area contributed by atoms with Crippen LogP contribution in [0.1, 0.15) is 30.9 Å². The predicted molar refractivity (Wildman–Crippen MR) is 113 cm³/mol. The lowest BCUT2D eigenvalue weighted by atomic mass is 10.0. The molecule has 3 rings (SSSR count). The summed E-state index contributed by atoms with van der Waals surface area (Å²) >= 11 is 0. The zero-order valence-electron chi connectivity index (χ0n) is 17.7. The van der Waals surface area contributed by atoms with Crippen LogP contribution in [0.15, 0.2) is 24.3 Å². The van der Waals surface area contributed by atoms with Gasteiger partial charge in [-0.2, -0.15) is 0 Å². The molecule has 2 fully saturated rings. The lowest BCUT2D eigenvalue weighted by Gasteiger charge is -2.36. The molecule has 29 heavy (non-hydrogen) atoms. The van der Waals surface area contributed by atoms with E-state index in [1.807, 2.05) is 9.80 Å². The molecule has 0 aromatic heterocycles. The Balaban J connectivity index is 1.33. The van der Waals surface area contributed by atoms with Crippen LogP contribution in [0.4, 0.5) is 4.79 Å². The highest BCUT2D eigenvalue weighted by Crippen LogP contribution is 2.14. The van der Waals surface area contributed by atoms with Gasteiger partial charge in [0.2, 0.25) is 5.91 Å². The fourth-order valence-corrected chi connectivity index (χ4v) is 3.71. The Labute approximate surface area is 174 Å². The van der Waals surface area contributed by atoms with Gasteiger partial charge in [0.05, 0.1) is 19.8 Å². The van der Waals surface area contributed by atoms with Crippen LogP contribution in [-0.4, -0.2) is 92.2 Å². The average Bonchev–Trinajstić information content (AvgIpc) is 2.75. The van der Waals surface area contributed by atoms with Gasteiger partial charge in [0.25, 0.3) is 0 Å². The van der Waals surface area contributed by atoms with Crippen LogP contribution in [-0.2, 0) is 16.0 Å². The van der Waals surface area contributed by atoms with Crippen molar-refractivity contribution in [2.24, 2.45) is 0 Å². The topological polar surface area (TPSA) is 65.1 Å². The lowest BCUT2D eigenvalue weighted by molar-refractivity contribution is -0.136. The van der Waals surface area contributed by atoms with Crippen molar-refractivity contribution in [3.8, 4) is 0 Å². The van der Waals surface area contributed by atoms with Gasteiger partial charge in [-0.15, -0.1) is 0 Å². The van der Waals surface area contributed by atoms with Gasteiger partial charge in [-0.05, 0) is 23.5 Å². The summed E-state index contributed by atoms with van der Waals surface area (Å²) in [4.78, 5) is 30.6. The number of hydrogen-bond acceptors (Lipinski definition) is 4. The zero-order chi connectivity index (χ0) is 20.6. The smallest absolute Gasteiger partial charge is 0.317 e. The maximum Gasteiger partial charge on any atom is 0.317 e. The molecule has 2 aliphatic heterocycles. The molecule has 1 N–H and O–H groups in total. The Morgan fingerprint density at radius 2 is 1.62 bits per heavy atom. The molecule has 160 valence electrons. The van der Waals surface area contributed by atoms with E-state index in [1.165, 1.54) is 11.1 Å². The maximum absolute atomic E-state index is 12.4. The largest absolute Gasteiger partial charge is 0.378 e. The van der Waals surface area contributed by atoms with Crippen LogP contribution in [0, 0.1) is 0 Å². The maximum atomic E-state index is 12.4. The standard InChI is InChI=1S/C22H34N4O3/c1-18(2)20-5-3-19(4-6-20)7-8-23-22(28)26-11-9-24(10-12-26)17-21(27)25-13-15-29-16-14-25/h3-6,18H,7-17H2,1-2H3,(H,23,28). The number of amides is 3. The first-order valence-corrected chi connectivity index (χ1v) is 10.7. The molecule has 1 aromatic rings. The fourth-order valence-electron chi connectivity index (χ4n) is 3.71. The second-order valence-electron chi connectivity index (χ2n) is 8.13. The molecular formula is C22H34N4O3. The van der Waals surface area contributed by atoms with E-state index in [-0.39, 0.29) is 11.9 Å². The van der Waals surface area contributed by atoms with Crippen LogP contribution in [0.2, 0.25) is 0 Å². The number of carbonyl (C=O) groups is 2. The summed E-state index contributed by atoms with van der Waals surface area (Å²) in [5.74, 6) is 0.696. The number of urea groups is 1. The summed E-state index contributed by atoms with van der Waals surface area (Å²) in [6, 6.07) is 8.61. The third-order valence-electron chi connectivity index (χ3n) is 5.72. The molecule has 7 nitrogen and oxygen atoms in total. The molecule has 1 aromatic carbocycles. The van der Waals surface area contributed by atoms with E-state index < -0.39 is 0 Å². The average molecular weight is 403 g/mol. The molecule has 0 radical (unpaired) electrons. The molecule has 0 bridgehead atoms.